The Morgan fingerprint density at radius 2 is 2.03 bits per heavy atom. The van der Waals surface area contributed by atoms with E-state index in [0.29, 0.717) is 17.3 Å². The normalized spacial score (nSPS) is 21.7. The average Bonchev–Trinajstić information content (AvgIpc) is 3.12. The van der Waals surface area contributed by atoms with Gasteiger partial charge in [0.1, 0.15) is 5.82 Å². The van der Waals surface area contributed by atoms with Crippen molar-refractivity contribution >= 4 is 29.2 Å². The van der Waals surface area contributed by atoms with Crippen LogP contribution in [0.1, 0.15) is 38.3 Å². The van der Waals surface area contributed by atoms with Gasteiger partial charge in [0.05, 0.1) is 23.5 Å². The lowest BCUT2D eigenvalue weighted by Gasteiger charge is -2.28. The van der Waals surface area contributed by atoms with Gasteiger partial charge in [-0.3, -0.25) is 19.2 Å². The molecular formula is C21H27ClN6O2. The molecule has 0 saturated heterocycles. The molecule has 1 fully saturated rings. The van der Waals surface area contributed by atoms with E-state index in [9.17, 15) is 9.59 Å². The number of carbonyl (C=O) groups is 2. The summed E-state index contributed by atoms with van der Waals surface area (Å²) in [6.07, 6.45) is 6.69. The molecule has 4 rings (SSSR count). The molecule has 30 heavy (non-hydrogen) atoms. The van der Waals surface area contributed by atoms with Gasteiger partial charge in [-0.2, -0.15) is 5.10 Å². The van der Waals surface area contributed by atoms with E-state index >= 15 is 0 Å². The number of hydrogen-bond acceptors (Lipinski definition) is 5. The van der Waals surface area contributed by atoms with Crippen molar-refractivity contribution in [3.05, 3.63) is 29.2 Å². The third-order valence-electron chi connectivity index (χ3n) is 5.91. The summed E-state index contributed by atoms with van der Waals surface area (Å²) >= 11 is 6.45. The van der Waals surface area contributed by atoms with Crippen LogP contribution in [0.4, 0.5) is 5.82 Å². The fourth-order valence-corrected chi connectivity index (χ4v) is 4.59. The molecule has 2 N–H and O–H groups in total. The van der Waals surface area contributed by atoms with Crippen LogP contribution in [-0.4, -0.2) is 51.1 Å². The zero-order chi connectivity index (χ0) is 21.3. The number of carbonyl (C=O) groups excluding carboxylic acids is 2. The number of nitrogens with one attached hydrogen (secondary N) is 2. The zero-order valence-corrected chi connectivity index (χ0v) is 18.1. The van der Waals surface area contributed by atoms with E-state index in [1.807, 2.05) is 16.9 Å². The Labute approximate surface area is 181 Å². The van der Waals surface area contributed by atoms with E-state index in [1.54, 1.807) is 6.20 Å². The topological polar surface area (TPSA) is 92.2 Å². The number of halogens is 1. The zero-order valence-electron chi connectivity index (χ0n) is 17.3. The first-order valence-corrected chi connectivity index (χ1v) is 10.8. The summed E-state index contributed by atoms with van der Waals surface area (Å²) in [5.41, 5.74) is 2.89. The molecule has 2 aromatic rings. The fraction of sp³-hybridized carbons (Fsp3) is 0.524. The maximum atomic E-state index is 12.8. The second kappa shape index (κ2) is 8.73. The van der Waals surface area contributed by atoms with E-state index < -0.39 is 0 Å². The molecule has 9 heteroatoms. The van der Waals surface area contributed by atoms with E-state index in [-0.39, 0.29) is 23.8 Å². The predicted octanol–water partition coefficient (Wildman–Crippen LogP) is 2.68. The third kappa shape index (κ3) is 4.49. The smallest absolute Gasteiger partial charge is 0.228 e. The molecule has 1 aliphatic carbocycles. The molecule has 2 aliphatic rings. The average molecular weight is 431 g/mol. The first kappa shape index (κ1) is 20.8. The molecular weight excluding hydrogens is 404 g/mol. The molecule has 3 heterocycles. The lowest BCUT2D eigenvalue weighted by molar-refractivity contribution is -0.123. The van der Waals surface area contributed by atoms with Gasteiger partial charge in [-0.05, 0) is 32.4 Å². The maximum Gasteiger partial charge on any atom is 0.228 e. The highest BCUT2D eigenvalue weighted by Gasteiger charge is 2.28. The molecule has 0 spiro atoms. The highest BCUT2D eigenvalue weighted by atomic mass is 35.5. The van der Waals surface area contributed by atoms with Gasteiger partial charge in [0.25, 0.3) is 0 Å². The van der Waals surface area contributed by atoms with E-state index in [2.05, 4.69) is 32.7 Å². The molecule has 2 atom stereocenters. The van der Waals surface area contributed by atoms with Crippen molar-refractivity contribution in [2.45, 2.75) is 51.7 Å². The van der Waals surface area contributed by atoms with Crippen molar-refractivity contribution in [2.24, 2.45) is 5.92 Å². The Balaban J connectivity index is 1.51. The number of nitrogens with zero attached hydrogens (tertiary/aromatic N) is 4. The Morgan fingerprint density at radius 3 is 2.83 bits per heavy atom. The highest BCUT2D eigenvalue weighted by Crippen LogP contribution is 2.33. The summed E-state index contributed by atoms with van der Waals surface area (Å²) in [6, 6.07) is 1.87. The number of fused-ring (bicyclic) bond motifs is 1. The number of anilines is 1. The van der Waals surface area contributed by atoms with Crippen LogP contribution in [0.25, 0.3) is 11.1 Å². The van der Waals surface area contributed by atoms with Crippen LogP contribution in [0.15, 0.2) is 18.5 Å². The minimum Gasteiger partial charge on any atom is -0.354 e. The summed E-state index contributed by atoms with van der Waals surface area (Å²) in [6.45, 7) is 4.11. The van der Waals surface area contributed by atoms with Crippen LogP contribution in [0.3, 0.4) is 0 Å². The van der Waals surface area contributed by atoms with E-state index in [4.69, 9.17) is 11.6 Å². The molecule has 1 saturated carbocycles. The van der Waals surface area contributed by atoms with Gasteiger partial charge in [0.15, 0.2) is 0 Å². The van der Waals surface area contributed by atoms with Crippen LogP contribution < -0.4 is 10.6 Å². The van der Waals surface area contributed by atoms with E-state index in [1.165, 1.54) is 6.92 Å². The third-order valence-corrected chi connectivity index (χ3v) is 6.21. The van der Waals surface area contributed by atoms with Gasteiger partial charge in [-0.25, -0.2) is 4.98 Å². The predicted molar refractivity (Wildman–Crippen MR) is 115 cm³/mol. The van der Waals surface area contributed by atoms with Crippen LogP contribution in [0.5, 0.6) is 0 Å². The number of likely N-dealkylation sites (N-methyl/N-ethyl adjacent to an activating group) is 1. The number of amides is 2. The number of hydrogen-bond donors (Lipinski definition) is 2. The van der Waals surface area contributed by atoms with Crippen LogP contribution in [0.2, 0.25) is 5.02 Å². The maximum absolute atomic E-state index is 12.8. The van der Waals surface area contributed by atoms with Crippen molar-refractivity contribution in [3.63, 3.8) is 0 Å². The van der Waals surface area contributed by atoms with Crippen molar-refractivity contribution in [3.8, 4) is 11.1 Å². The Kier molecular flexibility index (Phi) is 6.06. The summed E-state index contributed by atoms with van der Waals surface area (Å²) in [7, 11) is 2.08. The first-order valence-electron chi connectivity index (χ1n) is 10.4. The van der Waals surface area contributed by atoms with Crippen molar-refractivity contribution in [2.75, 3.05) is 18.9 Å². The molecule has 1 unspecified atom stereocenters. The van der Waals surface area contributed by atoms with Crippen molar-refractivity contribution in [1.82, 2.24) is 25.0 Å². The van der Waals surface area contributed by atoms with Gasteiger partial charge in [-0.1, -0.05) is 18.0 Å². The Bertz CT molecular complexity index is 959. The molecule has 0 bridgehead atoms. The standard InChI is InChI=1S/C21H27ClN6O2/c1-13(29)25-15-5-3-4-14(8-15)21(30)26-20-9-16(18(22)11-23-20)17-10-24-28-7-6-27(2)12-19(17)28/h9-11,14-15H,3-8,12H2,1-2H3,(H,25,29)(H,23,26,30)/t14-,15?/m1/s1. The largest absolute Gasteiger partial charge is 0.354 e. The molecule has 0 radical (unpaired) electrons. The minimum atomic E-state index is -0.144. The lowest BCUT2D eigenvalue weighted by atomic mass is 9.85. The molecule has 2 aromatic heterocycles. The fourth-order valence-electron chi connectivity index (χ4n) is 4.38. The second-order valence-electron chi connectivity index (χ2n) is 8.27. The van der Waals surface area contributed by atoms with Gasteiger partial charge < -0.3 is 10.6 Å². The molecule has 0 aromatic carbocycles. The Morgan fingerprint density at radius 1 is 1.20 bits per heavy atom. The molecule has 2 amide bonds. The SMILES string of the molecule is CC(=O)NC1CCC[C@@H](C(=O)Nc2cc(-c3cnn4c3CN(C)CC4)c(Cl)cn2)C1. The molecule has 160 valence electrons. The van der Waals surface area contributed by atoms with Crippen molar-refractivity contribution < 1.29 is 9.59 Å². The lowest BCUT2D eigenvalue weighted by Crippen LogP contribution is -2.40. The second-order valence-corrected chi connectivity index (χ2v) is 8.67. The summed E-state index contributed by atoms with van der Waals surface area (Å²) in [5, 5.41) is 10.9. The minimum absolute atomic E-state index is 0.0525. The monoisotopic (exact) mass is 430 g/mol. The quantitative estimate of drug-likeness (QED) is 0.778. The summed E-state index contributed by atoms with van der Waals surface area (Å²) in [5.74, 6) is 0.210. The van der Waals surface area contributed by atoms with Crippen LogP contribution in [-0.2, 0) is 22.7 Å². The first-order chi connectivity index (χ1) is 14.4. The van der Waals surface area contributed by atoms with Gasteiger partial charge in [0, 0.05) is 49.3 Å². The van der Waals surface area contributed by atoms with Crippen LogP contribution >= 0.6 is 11.6 Å². The van der Waals surface area contributed by atoms with Gasteiger partial charge in [0.2, 0.25) is 11.8 Å². The summed E-state index contributed by atoms with van der Waals surface area (Å²) < 4.78 is 2.01. The van der Waals surface area contributed by atoms with E-state index in [0.717, 1.165) is 55.7 Å². The number of aromatic nitrogens is 3. The van der Waals surface area contributed by atoms with Crippen molar-refractivity contribution in [1.29, 1.82) is 0 Å². The number of rotatable bonds is 4. The van der Waals surface area contributed by atoms with Gasteiger partial charge in [-0.15, -0.1) is 0 Å². The Hall–Kier alpha value is -2.45. The number of pyridine rings is 1. The summed E-state index contributed by atoms with van der Waals surface area (Å²) in [4.78, 5) is 30.7. The highest BCUT2D eigenvalue weighted by molar-refractivity contribution is 6.33. The molecule has 1 aliphatic heterocycles. The van der Waals surface area contributed by atoms with Gasteiger partial charge >= 0.3 is 0 Å². The molecule has 8 nitrogen and oxygen atoms in total. The van der Waals surface area contributed by atoms with Crippen LogP contribution in [0, 0.1) is 5.92 Å².